The summed E-state index contributed by atoms with van der Waals surface area (Å²) in [6.45, 7) is 1.46. The fourth-order valence-corrected chi connectivity index (χ4v) is 1.79. The van der Waals surface area contributed by atoms with E-state index in [0.717, 1.165) is 6.20 Å². The monoisotopic (exact) mass is 192 g/mol. The highest BCUT2D eigenvalue weighted by Gasteiger charge is 2.25. The minimum Gasteiger partial charge on any atom is -0.478 e. The lowest BCUT2D eigenvalue weighted by atomic mass is 10.1. The van der Waals surface area contributed by atoms with E-state index < -0.39 is 22.2 Å². The molecule has 7 heteroatoms. The first-order valence-corrected chi connectivity index (χ1v) is 4.63. The lowest BCUT2D eigenvalue weighted by Gasteiger charge is -2.19. The van der Waals surface area contributed by atoms with Crippen LogP contribution in [0.15, 0.2) is 11.8 Å². The molecule has 1 aliphatic rings. The van der Waals surface area contributed by atoms with Gasteiger partial charge in [0.15, 0.2) is 0 Å². The molecule has 12 heavy (non-hydrogen) atoms. The number of rotatable bonds is 1. The van der Waals surface area contributed by atoms with Crippen molar-refractivity contribution in [2.75, 3.05) is 0 Å². The second-order valence-corrected chi connectivity index (χ2v) is 3.84. The molecule has 0 aliphatic carbocycles. The SMILES string of the molecule is CC1NS(=O)(=O)NC=C1C(=O)O. The largest absolute Gasteiger partial charge is 0.478 e. The molecular formula is C5H8N2O4S. The highest BCUT2D eigenvalue weighted by Crippen LogP contribution is 2.06. The van der Waals surface area contributed by atoms with Crippen LogP contribution in [0, 0.1) is 0 Å². The van der Waals surface area contributed by atoms with Crippen LogP contribution >= 0.6 is 0 Å². The predicted molar refractivity (Wildman–Crippen MR) is 40.4 cm³/mol. The Bertz CT molecular complexity index is 331. The molecular weight excluding hydrogens is 184 g/mol. The molecule has 0 radical (unpaired) electrons. The Morgan fingerprint density at radius 2 is 2.25 bits per heavy atom. The molecule has 0 saturated carbocycles. The van der Waals surface area contributed by atoms with Gasteiger partial charge in [0.05, 0.1) is 11.6 Å². The average Bonchev–Trinajstić information content (AvgIpc) is 1.83. The third kappa shape index (κ3) is 1.74. The number of carboxylic acids is 1. The third-order valence-corrected chi connectivity index (χ3v) is 2.51. The Morgan fingerprint density at radius 1 is 1.67 bits per heavy atom. The van der Waals surface area contributed by atoms with Crippen molar-refractivity contribution >= 4 is 16.2 Å². The second-order valence-electron chi connectivity index (χ2n) is 2.37. The highest BCUT2D eigenvalue weighted by atomic mass is 32.2. The number of aliphatic carboxylic acids is 1. The minimum atomic E-state index is -3.54. The van der Waals surface area contributed by atoms with Gasteiger partial charge in [-0.15, -0.1) is 0 Å². The van der Waals surface area contributed by atoms with Gasteiger partial charge in [0.2, 0.25) is 0 Å². The van der Waals surface area contributed by atoms with Crippen LogP contribution in [0.1, 0.15) is 6.92 Å². The lowest BCUT2D eigenvalue weighted by molar-refractivity contribution is -0.132. The Hall–Kier alpha value is -1.08. The normalized spacial score (nSPS) is 27.1. The molecule has 68 valence electrons. The zero-order valence-electron chi connectivity index (χ0n) is 6.23. The summed E-state index contributed by atoms with van der Waals surface area (Å²) in [6.07, 6.45) is 0.971. The Labute approximate surface area is 69.5 Å². The third-order valence-electron chi connectivity index (χ3n) is 1.41. The van der Waals surface area contributed by atoms with E-state index in [0.29, 0.717) is 0 Å². The molecule has 3 N–H and O–H groups in total. The Kier molecular flexibility index (Phi) is 2.07. The summed E-state index contributed by atoms with van der Waals surface area (Å²) in [5, 5.41) is 8.54. The van der Waals surface area contributed by atoms with Gasteiger partial charge in [0, 0.05) is 6.20 Å². The molecule has 0 aromatic heterocycles. The summed E-state index contributed by atoms with van der Waals surface area (Å²) >= 11 is 0. The summed E-state index contributed by atoms with van der Waals surface area (Å²) in [4.78, 5) is 10.4. The fourth-order valence-electron chi connectivity index (χ4n) is 0.843. The topological polar surface area (TPSA) is 95.5 Å². The van der Waals surface area contributed by atoms with E-state index in [1.165, 1.54) is 6.92 Å². The molecule has 0 bridgehead atoms. The molecule has 6 nitrogen and oxygen atoms in total. The van der Waals surface area contributed by atoms with Crippen LogP contribution in [-0.4, -0.2) is 25.5 Å². The minimum absolute atomic E-state index is 0.00942. The van der Waals surface area contributed by atoms with Crippen LogP contribution in [0.4, 0.5) is 0 Å². The maximum absolute atomic E-state index is 10.8. The smallest absolute Gasteiger partial charge is 0.334 e. The van der Waals surface area contributed by atoms with Crippen molar-refractivity contribution in [1.82, 2.24) is 9.44 Å². The molecule has 0 fully saturated rings. The van der Waals surface area contributed by atoms with Crippen molar-refractivity contribution in [3.8, 4) is 0 Å². The molecule has 0 saturated heterocycles. The fraction of sp³-hybridized carbons (Fsp3) is 0.400. The molecule has 1 aliphatic heterocycles. The predicted octanol–water partition coefficient (Wildman–Crippen LogP) is -1.22. The van der Waals surface area contributed by atoms with E-state index in [1.54, 1.807) is 0 Å². The van der Waals surface area contributed by atoms with Crippen LogP contribution in [0.5, 0.6) is 0 Å². The van der Waals surface area contributed by atoms with Crippen LogP contribution in [-0.2, 0) is 15.0 Å². The van der Waals surface area contributed by atoms with Crippen LogP contribution < -0.4 is 9.44 Å². The van der Waals surface area contributed by atoms with Crippen molar-refractivity contribution in [1.29, 1.82) is 0 Å². The average molecular weight is 192 g/mol. The second kappa shape index (κ2) is 2.76. The van der Waals surface area contributed by atoms with Gasteiger partial charge < -0.3 is 5.11 Å². The first kappa shape index (κ1) is 9.01. The number of nitrogens with one attached hydrogen (secondary N) is 2. The van der Waals surface area contributed by atoms with E-state index in [4.69, 9.17) is 5.11 Å². The summed E-state index contributed by atoms with van der Waals surface area (Å²) in [7, 11) is -3.54. The van der Waals surface area contributed by atoms with Crippen molar-refractivity contribution < 1.29 is 18.3 Å². The van der Waals surface area contributed by atoms with E-state index in [1.807, 2.05) is 4.72 Å². The number of hydrogen-bond acceptors (Lipinski definition) is 3. The van der Waals surface area contributed by atoms with Gasteiger partial charge in [-0.25, -0.2) is 4.79 Å². The number of carbonyl (C=O) groups is 1. The van der Waals surface area contributed by atoms with E-state index in [2.05, 4.69) is 4.72 Å². The van der Waals surface area contributed by atoms with Crippen LogP contribution in [0.25, 0.3) is 0 Å². The van der Waals surface area contributed by atoms with Gasteiger partial charge in [-0.3, -0.25) is 4.72 Å². The Balaban J connectivity index is 2.96. The standard InChI is InChI=1S/C5H8N2O4S/c1-3-4(5(8)9)2-6-12(10,11)7-3/h2-3,6-7H,1H3,(H,8,9). The number of hydrogen-bond donors (Lipinski definition) is 3. The van der Waals surface area contributed by atoms with Gasteiger partial charge in [0.25, 0.3) is 10.2 Å². The van der Waals surface area contributed by atoms with Gasteiger partial charge in [-0.2, -0.15) is 13.1 Å². The zero-order valence-corrected chi connectivity index (χ0v) is 7.05. The molecule has 0 aromatic rings. The number of carboxylic acid groups (broad SMARTS) is 1. The van der Waals surface area contributed by atoms with E-state index in [-0.39, 0.29) is 5.57 Å². The first-order valence-electron chi connectivity index (χ1n) is 3.15. The molecule has 1 unspecified atom stereocenters. The van der Waals surface area contributed by atoms with Gasteiger partial charge >= 0.3 is 5.97 Å². The Morgan fingerprint density at radius 3 is 2.67 bits per heavy atom. The van der Waals surface area contributed by atoms with E-state index >= 15 is 0 Å². The maximum Gasteiger partial charge on any atom is 0.334 e. The lowest BCUT2D eigenvalue weighted by Crippen LogP contribution is -2.46. The molecule has 0 amide bonds. The molecule has 0 spiro atoms. The van der Waals surface area contributed by atoms with Gasteiger partial charge in [0.1, 0.15) is 0 Å². The molecule has 1 heterocycles. The van der Waals surface area contributed by atoms with Crippen LogP contribution in [0.3, 0.4) is 0 Å². The summed E-state index contributed by atoms with van der Waals surface area (Å²) in [5.74, 6) is -1.14. The molecule has 0 aromatic carbocycles. The van der Waals surface area contributed by atoms with Crippen molar-refractivity contribution in [2.45, 2.75) is 13.0 Å². The van der Waals surface area contributed by atoms with E-state index in [9.17, 15) is 13.2 Å². The summed E-state index contributed by atoms with van der Waals surface area (Å²) < 4.78 is 25.6. The van der Waals surface area contributed by atoms with Gasteiger partial charge in [-0.05, 0) is 6.92 Å². The molecule has 1 rings (SSSR count). The van der Waals surface area contributed by atoms with Gasteiger partial charge in [-0.1, -0.05) is 0 Å². The quantitative estimate of drug-likeness (QED) is 0.485. The van der Waals surface area contributed by atoms with Crippen molar-refractivity contribution in [2.24, 2.45) is 0 Å². The summed E-state index contributed by atoms with van der Waals surface area (Å²) in [6, 6.07) is -0.700. The highest BCUT2D eigenvalue weighted by molar-refractivity contribution is 7.87. The maximum atomic E-state index is 10.8. The molecule has 1 atom stereocenters. The zero-order chi connectivity index (χ0) is 9.35. The van der Waals surface area contributed by atoms with Crippen molar-refractivity contribution in [3.05, 3.63) is 11.8 Å². The summed E-state index contributed by atoms with van der Waals surface area (Å²) in [5.41, 5.74) is -0.00942. The first-order chi connectivity index (χ1) is 5.42. The van der Waals surface area contributed by atoms with Crippen molar-refractivity contribution in [3.63, 3.8) is 0 Å². The van der Waals surface area contributed by atoms with Crippen LogP contribution in [0.2, 0.25) is 0 Å².